The number of carbonyl (C=O) groups excluding carboxylic acids is 2. The van der Waals surface area contributed by atoms with E-state index >= 15 is 0 Å². The standard InChI is InChI=1S/C20H19F3N4O2/c1-12-6-7-13(19(29)24-11-20(21,22)23)10-16(12)27-18(28)9-8-17-25-14-4-2-3-5-15(14)26-17/h2-7,10H,8-9,11H2,1H3,(H,24,29)(H,25,26)(H,27,28). The first-order chi connectivity index (χ1) is 13.7. The molecule has 0 fully saturated rings. The Balaban J connectivity index is 1.61. The Kier molecular flexibility index (Phi) is 5.86. The van der Waals surface area contributed by atoms with Crippen molar-refractivity contribution in [2.45, 2.75) is 25.9 Å². The monoisotopic (exact) mass is 404 g/mol. The fourth-order valence-electron chi connectivity index (χ4n) is 2.75. The third-order valence-corrected chi connectivity index (χ3v) is 4.25. The molecular formula is C20H19F3N4O2. The van der Waals surface area contributed by atoms with Crippen LogP contribution in [0.4, 0.5) is 18.9 Å². The van der Waals surface area contributed by atoms with Crippen molar-refractivity contribution in [2.24, 2.45) is 0 Å². The summed E-state index contributed by atoms with van der Waals surface area (Å²) in [6.45, 7) is 0.311. The van der Waals surface area contributed by atoms with Gasteiger partial charge >= 0.3 is 6.18 Å². The van der Waals surface area contributed by atoms with Gasteiger partial charge in [-0.15, -0.1) is 0 Å². The molecular weight excluding hydrogens is 385 g/mol. The van der Waals surface area contributed by atoms with Gasteiger partial charge in [-0.1, -0.05) is 18.2 Å². The third-order valence-electron chi connectivity index (χ3n) is 4.25. The Morgan fingerprint density at radius 2 is 1.90 bits per heavy atom. The number of benzene rings is 2. The maximum absolute atomic E-state index is 12.3. The number of aryl methyl sites for hydroxylation is 2. The van der Waals surface area contributed by atoms with Crippen LogP contribution >= 0.6 is 0 Å². The summed E-state index contributed by atoms with van der Waals surface area (Å²) >= 11 is 0. The van der Waals surface area contributed by atoms with Crippen LogP contribution in [0.15, 0.2) is 42.5 Å². The molecule has 29 heavy (non-hydrogen) atoms. The average Bonchev–Trinajstić information content (AvgIpc) is 3.08. The number of nitrogens with one attached hydrogen (secondary N) is 3. The molecule has 0 radical (unpaired) electrons. The van der Waals surface area contributed by atoms with Crippen LogP contribution in [-0.2, 0) is 11.2 Å². The second-order valence-electron chi connectivity index (χ2n) is 6.58. The molecule has 0 aliphatic heterocycles. The number of H-pyrrole nitrogens is 1. The highest BCUT2D eigenvalue weighted by Crippen LogP contribution is 2.19. The number of carbonyl (C=O) groups is 2. The Bertz CT molecular complexity index is 1010. The van der Waals surface area contributed by atoms with E-state index in [9.17, 15) is 22.8 Å². The van der Waals surface area contributed by atoms with E-state index in [-0.39, 0.29) is 17.9 Å². The van der Waals surface area contributed by atoms with Crippen molar-refractivity contribution < 1.29 is 22.8 Å². The number of para-hydroxylation sites is 2. The largest absolute Gasteiger partial charge is 0.405 e. The van der Waals surface area contributed by atoms with Crippen molar-refractivity contribution in [3.63, 3.8) is 0 Å². The number of imidazole rings is 1. The summed E-state index contributed by atoms with van der Waals surface area (Å²) in [5.74, 6) is -0.472. The topological polar surface area (TPSA) is 86.9 Å². The molecule has 0 aliphatic rings. The molecule has 9 heteroatoms. The van der Waals surface area contributed by atoms with Gasteiger partial charge in [-0.2, -0.15) is 13.2 Å². The molecule has 0 unspecified atom stereocenters. The number of anilines is 1. The van der Waals surface area contributed by atoms with Gasteiger partial charge < -0.3 is 15.6 Å². The van der Waals surface area contributed by atoms with E-state index in [2.05, 4.69) is 15.3 Å². The number of aromatic nitrogens is 2. The number of halogens is 3. The molecule has 6 nitrogen and oxygen atoms in total. The molecule has 0 saturated heterocycles. The number of aromatic amines is 1. The summed E-state index contributed by atoms with van der Waals surface area (Å²) in [7, 11) is 0. The van der Waals surface area contributed by atoms with Crippen LogP contribution < -0.4 is 10.6 Å². The highest BCUT2D eigenvalue weighted by molar-refractivity contribution is 5.97. The van der Waals surface area contributed by atoms with Crippen LogP contribution in [0.3, 0.4) is 0 Å². The number of rotatable bonds is 6. The van der Waals surface area contributed by atoms with Crippen LogP contribution in [0.2, 0.25) is 0 Å². The molecule has 2 amide bonds. The average molecular weight is 404 g/mol. The molecule has 0 saturated carbocycles. The fraction of sp³-hybridized carbons (Fsp3) is 0.250. The zero-order valence-corrected chi connectivity index (χ0v) is 15.6. The van der Waals surface area contributed by atoms with E-state index in [1.165, 1.54) is 12.1 Å². The lowest BCUT2D eigenvalue weighted by Crippen LogP contribution is -2.33. The predicted octanol–water partition coefficient (Wildman–Crippen LogP) is 3.73. The SMILES string of the molecule is Cc1ccc(C(=O)NCC(F)(F)F)cc1NC(=O)CCc1nc2ccccc2[nH]1. The summed E-state index contributed by atoms with van der Waals surface area (Å²) in [5.41, 5.74) is 2.80. The highest BCUT2D eigenvalue weighted by atomic mass is 19.4. The molecule has 0 bridgehead atoms. The lowest BCUT2D eigenvalue weighted by molar-refractivity contribution is -0.123. The van der Waals surface area contributed by atoms with E-state index < -0.39 is 18.6 Å². The van der Waals surface area contributed by atoms with Crippen molar-refractivity contribution in [3.05, 3.63) is 59.4 Å². The first-order valence-corrected chi connectivity index (χ1v) is 8.90. The van der Waals surface area contributed by atoms with E-state index in [1.54, 1.807) is 13.0 Å². The second kappa shape index (κ2) is 8.34. The van der Waals surface area contributed by atoms with Gasteiger partial charge in [0, 0.05) is 24.1 Å². The van der Waals surface area contributed by atoms with E-state index in [1.807, 2.05) is 29.6 Å². The first-order valence-electron chi connectivity index (χ1n) is 8.90. The van der Waals surface area contributed by atoms with Gasteiger partial charge in [-0.25, -0.2) is 4.98 Å². The van der Waals surface area contributed by atoms with Gasteiger partial charge in [0.15, 0.2) is 0 Å². The van der Waals surface area contributed by atoms with Crippen molar-refractivity contribution in [3.8, 4) is 0 Å². The van der Waals surface area contributed by atoms with Gasteiger partial charge in [0.05, 0.1) is 11.0 Å². The zero-order valence-electron chi connectivity index (χ0n) is 15.6. The van der Waals surface area contributed by atoms with Crippen LogP contribution in [0.5, 0.6) is 0 Å². The highest BCUT2D eigenvalue weighted by Gasteiger charge is 2.28. The number of fused-ring (bicyclic) bond motifs is 1. The summed E-state index contributed by atoms with van der Waals surface area (Å²) in [5, 5.41) is 4.51. The summed E-state index contributed by atoms with van der Waals surface area (Å²) in [4.78, 5) is 31.7. The van der Waals surface area contributed by atoms with Crippen molar-refractivity contribution >= 4 is 28.5 Å². The number of hydrogen-bond acceptors (Lipinski definition) is 3. The maximum atomic E-state index is 12.3. The van der Waals surface area contributed by atoms with Crippen LogP contribution in [-0.4, -0.2) is 34.5 Å². The van der Waals surface area contributed by atoms with Crippen LogP contribution in [0.25, 0.3) is 11.0 Å². The van der Waals surface area contributed by atoms with Gasteiger partial charge in [0.2, 0.25) is 5.91 Å². The molecule has 152 valence electrons. The predicted molar refractivity (Wildman–Crippen MR) is 103 cm³/mol. The second-order valence-corrected chi connectivity index (χ2v) is 6.58. The molecule has 3 aromatic rings. The van der Waals surface area contributed by atoms with Gasteiger partial charge in [0.1, 0.15) is 12.4 Å². The molecule has 3 N–H and O–H groups in total. The smallest absolute Gasteiger partial charge is 0.343 e. The van der Waals surface area contributed by atoms with Crippen LogP contribution in [0.1, 0.15) is 28.2 Å². The first kappa shape index (κ1) is 20.4. The summed E-state index contributed by atoms with van der Waals surface area (Å²) in [6, 6.07) is 11.9. The molecule has 3 rings (SSSR count). The quantitative estimate of drug-likeness (QED) is 0.585. The Morgan fingerprint density at radius 1 is 1.14 bits per heavy atom. The van der Waals surface area contributed by atoms with Crippen molar-refractivity contribution in [2.75, 3.05) is 11.9 Å². The van der Waals surface area contributed by atoms with E-state index in [0.717, 1.165) is 11.0 Å². The van der Waals surface area contributed by atoms with Crippen LogP contribution in [0, 0.1) is 6.92 Å². The van der Waals surface area contributed by atoms with E-state index in [4.69, 9.17) is 0 Å². The minimum atomic E-state index is -4.49. The molecule has 1 aromatic heterocycles. The minimum Gasteiger partial charge on any atom is -0.343 e. The third kappa shape index (κ3) is 5.56. The summed E-state index contributed by atoms with van der Waals surface area (Å²) in [6.07, 6.45) is -3.94. The number of alkyl halides is 3. The lowest BCUT2D eigenvalue weighted by Gasteiger charge is -2.12. The number of hydrogen-bond donors (Lipinski definition) is 3. The molecule has 0 atom stereocenters. The normalized spacial score (nSPS) is 11.4. The Labute approximate surface area is 164 Å². The summed E-state index contributed by atoms with van der Waals surface area (Å²) < 4.78 is 36.8. The van der Waals surface area contributed by atoms with E-state index in [0.29, 0.717) is 23.5 Å². The number of nitrogens with zero attached hydrogens (tertiary/aromatic N) is 1. The van der Waals surface area contributed by atoms with Crippen molar-refractivity contribution in [1.82, 2.24) is 15.3 Å². The van der Waals surface area contributed by atoms with Gasteiger partial charge in [-0.3, -0.25) is 9.59 Å². The molecule has 2 aromatic carbocycles. The van der Waals surface area contributed by atoms with Crippen molar-refractivity contribution in [1.29, 1.82) is 0 Å². The minimum absolute atomic E-state index is 0.0347. The van der Waals surface area contributed by atoms with Gasteiger partial charge in [-0.05, 0) is 36.8 Å². The Morgan fingerprint density at radius 3 is 2.62 bits per heavy atom. The Hall–Kier alpha value is -3.36. The lowest BCUT2D eigenvalue weighted by atomic mass is 10.1. The molecule has 0 aliphatic carbocycles. The molecule has 1 heterocycles. The number of amides is 2. The fourth-order valence-corrected chi connectivity index (χ4v) is 2.75. The maximum Gasteiger partial charge on any atom is 0.405 e. The zero-order chi connectivity index (χ0) is 21.0. The van der Waals surface area contributed by atoms with Gasteiger partial charge in [0.25, 0.3) is 5.91 Å². The molecule has 0 spiro atoms.